The van der Waals surface area contributed by atoms with E-state index >= 15 is 0 Å². The van der Waals surface area contributed by atoms with E-state index in [4.69, 9.17) is 23.2 Å². The molecule has 1 aliphatic rings. The molecular formula is C15H21Cl2NO. The maximum Gasteiger partial charge on any atom is 0.0595 e. The zero-order valence-electron chi connectivity index (χ0n) is 11.2. The molecule has 2 nitrogen and oxygen atoms in total. The normalized spacial score (nSPS) is 25.3. The Hall–Kier alpha value is -0.280. The second-order valence-corrected chi connectivity index (χ2v) is 6.30. The maximum absolute atomic E-state index is 9.67. The number of halogens is 2. The van der Waals surface area contributed by atoms with Gasteiger partial charge in [0.05, 0.1) is 16.1 Å². The Morgan fingerprint density at radius 2 is 2.11 bits per heavy atom. The Bertz CT molecular complexity index is 425. The number of rotatable bonds is 4. The van der Waals surface area contributed by atoms with Gasteiger partial charge in [0.25, 0.3) is 0 Å². The molecule has 0 bridgehead atoms. The molecule has 0 saturated heterocycles. The average molecular weight is 302 g/mol. The third-order valence-corrected chi connectivity index (χ3v) is 4.65. The van der Waals surface area contributed by atoms with Crippen molar-refractivity contribution in [2.75, 3.05) is 6.54 Å². The molecule has 2 N–H and O–H groups in total. The topological polar surface area (TPSA) is 32.3 Å². The van der Waals surface area contributed by atoms with Gasteiger partial charge in [0.15, 0.2) is 0 Å². The van der Waals surface area contributed by atoms with E-state index in [0.717, 1.165) is 31.4 Å². The van der Waals surface area contributed by atoms with Crippen LogP contribution in [-0.4, -0.2) is 17.8 Å². The number of hydrogen-bond donors (Lipinski definition) is 2. The SMILES string of the molecule is CC(NCC1CCCC(O)C1)c1ccc(Cl)c(Cl)c1. The van der Waals surface area contributed by atoms with Gasteiger partial charge in [-0.1, -0.05) is 35.7 Å². The van der Waals surface area contributed by atoms with E-state index < -0.39 is 0 Å². The quantitative estimate of drug-likeness (QED) is 0.874. The third-order valence-electron chi connectivity index (χ3n) is 3.91. The van der Waals surface area contributed by atoms with Crippen LogP contribution >= 0.6 is 23.2 Å². The van der Waals surface area contributed by atoms with Crippen LogP contribution in [0, 0.1) is 5.92 Å². The Labute approximate surface area is 125 Å². The summed E-state index contributed by atoms with van der Waals surface area (Å²) < 4.78 is 0. The number of benzene rings is 1. The zero-order chi connectivity index (χ0) is 13.8. The van der Waals surface area contributed by atoms with Gasteiger partial charge in [-0.15, -0.1) is 0 Å². The van der Waals surface area contributed by atoms with E-state index in [2.05, 4.69) is 12.2 Å². The van der Waals surface area contributed by atoms with Gasteiger partial charge in [0.2, 0.25) is 0 Å². The van der Waals surface area contributed by atoms with Crippen LogP contribution in [0.25, 0.3) is 0 Å². The summed E-state index contributed by atoms with van der Waals surface area (Å²) >= 11 is 12.0. The molecule has 1 saturated carbocycles. The van der Waals surface area contributed by atoms with Crippen molar-refractivity contribution < 1.29 is 5.11 Å². The van der Waals surface area contributed by atoms with Crippen LogP contribution in [0.1, 0.15) is 44.2 Å². The Morgan fingerprint density at radius 1 is 1.32 bits per heavy atom. The van der Waals surface area contributed by atoms with Crippen LogP contribution in [0.3, 0.4) is 0 Å². The molecular weight excluding hydrogens is 281 g/mol. The molecule has 0 spiro atoms. The highest BCUT2D eigenvalue weighted by atomic mass is 35.5. The molecule has 0 heterocycles. The lowest BCUT2D eigenvalue weighted by Crippen LogP contribution is -2.30. The van der Waals surface area contributed by atoms with Crippen molar-refractivity contribution in [3.05, 3.63) is 33.8 Å². The maximum atomic E-state index is 9.67. The summed E-state index contributed by atoms with van der Waals surface area (Å²) in [5.41, 5.74) is 1.14. The second kappa shape index (κ2) is 6.94. The van der Waals surface area contributed by atoms with Crippen molar-refractivity contribution in [3.8, 4) is 0 Å². The number of aliphatic hydroxyl groups is 1. The molecule has 0 aromatic heterocycles. The Morgan fingerprint density at radius 3 is 2.79 bits per heavy atom. The Kier molecular flexibility index (Phi) is 5.52. The van der Waals surface area contributed by atoms with E-state index in [9.17, 15) is 5.11 Å². The van der Waals surface area contributed by atoms with Gasteiger partial charge < -0.3 is 10.4 Å². The van der Waals surface area contributed by atoms with Crippen molar-refractivity contribution in [1.82, 2.24) is 5.32 Å². The van der Waals surface area contributed by atoms with Crippen molar-refractivity contribution in [1.29, 1.82) is 0 Å². The van der Waals surface area contributed by atoms with E-state index in [-0.39, 0.29) is 12.1 Å². The lowest BCUT2D eigenvalue weighted by molar-refractivity contribution is 0.0998. The molecule has 1 aromatic carbocycles. The largest absolute Gasteiger partial charge is 0.393 e. The van der Waals surface area contributed by atoms with Crippen molar-refractivity contribution >= 4 is 23.2 Å². The van der Waals surface area contributed by atoms with Gasteiger partial charge in [-0.05, 0) is 56.3 Å². The first-order chi connectivity index (χ1) is 9.06. The molecule has 3 unspecified atom stereocenters. The molecule has 3 atom stereocenters. The molecule has 2 rings (SSSR count). The number of nitrogens with one attached hydrogen (secondary N) is 1. The standard InChI is InChI=1S/C15H21Cl2NO/c1-10(12-5-6-14(16)15(17)8-12)18-9-11-3-2-4-13(19)7-11/h5-6,8,10-11,13,18-19H,2-4,7,9H2,1H3. The number of aliphatic hydroxyl groups excluding tert-OH is 1. The van der Waals surface area contributed by atoms with Crippen LogP contribution < -0.4 is 5.32 Å². The summed E-state index contributed by atoms with van der Waals surface area (Å²) in [5.74, 6) is 0.578. The minimum atomic E-state index is -0.110. The van der Waals surface area contributed by atoms with E-state index in [1.165, 1.54) is 6.42 Å². The monoisotopic (exact) mass is 301 g/mol. The first-order valence-electron chi connectivity index (χ1n) is 6.92. The van der Waals surface area contributed by atoms with Gasteiger partial charge in [-0.25, -0.2) is 0 Å². The van der Waals surface area contributed by atoms with Crippen LogP contribution in [-0.2, 0) is 0 Å². The minimum absolute atomic E-state index is 0.110. The first kappa shape index (κ1) is 15.1. The second-order valence-electron chi connectivity index (χ2n) is 5.49. The first-order valence-corrected chi connectivity index (χ1v) is 7.68. The smallest absolute Gasteiger partial charge is 0.0595 e. The van der Waals surface area contributed by atoms with Crippen molar-refractivity contribution in [3.63, 3.8) is 0 Å². The molecule has 1 aliphatic carbocycles. The fraction of sp³-hybridized carbons (Fsp3) is 0.600. The predicted molar refractivity (Wildman–Crippen MR) is 80.8 cm³/mol. The highest BCUT2D eigenvalue weighted by Crippen LogP contribution is 2.27. The van der Waals surface area contributed by atoms with Crippen LogP contribution in [0.2, 0.25) is 10.0 Å². The van der Waals surface area contributed by atoms with Gasteiger partial charge in [-0.3, -0.25) is 0 Å². The third kappa shape index (κ3) is 4.35. The molecule has 0 amide bonds. The zero-order valence-corrected chi connectivity index (χ0v) is 12.7. The molecule has 1 aromatic rings. The molecule has 0 aliphatic heterocycles. The van der Waals surface area contributed by atoms with Gasteiger partial charge in [0.1, 0.15) is 0 Å². The van der Waals surface area contributed by atoms with E-state index in [0.29, 0.717) is 16.0 Å². The summed E-state index contributed by atoms with van der Waals surface area (Å²) in [7, 11) is 0. The summed E-state index contributed by atoms with van der Waals surface area (Å²) in [6, 6.07) is 5.99. The van der Waals surface area contributed by atoms with Crippen molar-refractivity contribution in [2.24, 2.45) is 5.92 Å². The fourth-order valence-corrected chi connectivity index (χ4v) is 3.00. The van der Waals surface area contributed by atoms with Gasteiger partial charge in [-0.2, -0.15) is 0 Å². The molecule has 106 valence electrons. The molecule has 19 heavy (non-hydrogen) atoms. The minimum Gasteiger partial charge on any atom is -0.393 e. The highest BCUT2D eigenvalue weighted by Gasteiger charge is 2.20. The summed E-state index contributed by atoms with van der Waals surface area (Å²) in [4.78, 5) is 0. The van der Waals surface area contributed by atoms with Crippen LogP contribution in [0.5, 0.6) is 0 Å². The van der Waals surface area contributed by atoms with Crippen LogP contribution in [0.15, 0.2) is 18.2 Å². The summed E-state index contributed by atoms with van der Waals surface area (Å²) in [5, 5.41) is 14.4. The predicted octanol–water partition coefficient (Wildman–Crippen LogP) is 4.20. The van der Waals surface area contributed by atoms with Crippen molar-refractivity contribution in [2.45, 2.75) is 44.8 Å². The lowest BCUT2D eigenvalue weighted by Gasteiger charge is -2.27. The van der Waals surface area contributed by atoms with E-state index in [1.807, 2.05) is 18.2 Å². The van der Waals surface area contributed by atoms with Gasteiger partial charge in [0, 0.05) is 6.04 Å². The fourth-order valence-electron chi connectivity index (χ4n) is 2.69. The molecule has 0 radical (unpaired) electrons. The van der Waals surface area contributed by atoms with E-state index in [1.54, 1.807) is 0 Å². The van der Waals surface area contributed by atoms with Gasteiger partial charge >= 0.3 is 0 Å². The summed E-state index contributed by atoms with van der Waals surface area (Å²) in [6.45, 7) is 3.07. The molecule has 1 fully saturated rings. The van der Waals surface area contributed by atoms with Crippen LogP contribution in [0.4, 0.5) is 0 Å². The highest BCUT2D eigenvalue weighted by molar-refractivity contribution is 6.42. The number of hydrogen-bond acceptors (Lipinski definition) is 2. The summed E-state index contributed by atoms with van der Waals surface area (Å²) in [6.07, 6.45) is 4.10. The average Bonchev–Trinajstić information content (AvgIpc) is 2.39. The Balaban J connectivity index is 1.86. The lowest BCUT2D eigenvalue weighted by atomic mass is 9.87. The molecule has 4 heteroatoms.